The van der Waals surface area contributed by atoms with Crippen molar-refractivity contribution in [2.75, 3.05) is 13.2 Å². The van der Waals surface area contributed by atoms with E-state index in [2.05, 4.69) is 0 Å². The molecule has 0 saturated carbocycles. The smallest absolute Gasteiger partial charge is 0.200 e. The number of hydrogen-bond donors (Lipinski definition) is 0. The van der Waals surface area contributed by atoms with Crippen molar-refractivity contribution in [2.45, 2.75) is 6.92 Å². The van der Waals surface area contributed by atoms with Crippen LogP contribution in [-0.2, 0) is 0 Å². The van der Waals surface area contributed by atoms with Gasteiger partial charge in [0.1, 0.15) is 11.5 Å². The van der Waals surface area contributed by atoms with E-state index in [1.165, 1.54) is 6.07 Å². The molecule has 3 nitrogen and oxygen atoms in total. The number of hydrogen-bond acceptors (Lipinski definition) is 3. The summed E-state index contributed by atoms with van der Waals surface area (Å²) in [4.78, 5) is 11.8. The molecular formula is C16H14F2O3. The molecule has 0 aromatic heterocycles. The molecule has 0 atom stereocenters. The average molecular weight is 292 g/mol. The van der Waals surface area contributed by atoms with Crippen molar-refractivity contribution in [1.82, 2.24) is 0 Å². The van der Waals surface area contributed by atoms with Crippen LogP contribution < -0.4 is 9.47 Å². The Hall–Kier alpha value is -2.43. The van der Waals surface area contributed by atoms with Crippen molar-refractivity contribution < 1.29 is 23.0 Å². The number of rotatable bonds is 6. The summed E-state index contributed by atoms with van der Waals surface area (Å²) in [5.41, 5.74) is 0.0647. The molecule has 0 heterocycles. The molecule has 0 unspecified atom stereocenters. The lowest BCUT2D eigenvalue weighted by atomic mass is 10.1. The maximum absolute atomic E-state index is 13.1. The predicted octanol–water partition coefficient (Wildman–Crippen LogP) is 3.63. The maximum Gasteiger partial charge on any atom is 0.200 e. The summed E-state index contributed by atoms with van der Waals surface area (Å²) in [6, 6.07) is 9.84. The molecule has 0 saturated heterocycles. The summed E-state index contributed by atoms with van der Waals surface area (Å²) in [5, 5.41) is 0. The number of ketones is 1. The Labute approximate surface area is 121 Å². The quantitative estimate of drug-likeness (QED) is 0.763. The van der Waals surface area contributed by atoms with Crippen LogP contribution in [0.15, 0.2) is 42.5 Å². The molecule has 2 aromatic rings. The van der Waals surface area contributed by atoms with Crippen LogP contribution in [0, 0.1) is 11.6 Å². The molecule has 0 spiro atoms. The highest BCUT2D eigenvalue weighted by atomic mass is 19.2. The van der Waals surface area contributed by atoms with Gasteiger partial charge in [0, 0.05) is 11.6 Å². The number of benzene rings is 2. The molecule has 0 aliphatic carbocycles. The largest absolute Gasteiger partial charge is 0.494 e. The van der Waals surface area contributed by atoms with Gasteiger partial charge in [-0.3, -0.25) is 4.79 Å². The third-order valence-electron chi connectivity index (χ3n) is 2.73. The van der Waals surface area contributed by atoms with Gasteiger partial charge in [0.15, 0.2) is 24.0 Å². The van der Waals surface area contributed by atoms with Crippen molar-refractivity contribution in [3.63, 3.8) is 0 Å². The minimum atomic E-state index is -1.06. The summed E-state index contributed by atoms with van der Waals surface area (Å²) >= 11 is 0. The zero-order valence-electron chi connectivity index (χ0n) is 11.4. The van der Waals surface area contributed by atoms with Crippen LogP contribution in [0.1, 0.15) is 17.3 Å². The molecule has 5 heteroatoms. The summed E-state index contributed by atoms with van der Waals surface area (Å²) in [6.45, 7) is 2.12. The van der Waals surface area contributed by atoms with E-state index in [0.717, 1.165) is 12.1 Å². The van der Waals surface area contributed by atoms with Gasteiger partial charge in [-0.2, -0.15) is 0 Å². The Morgan fingerprint density at radius 2 is 1.71 bits per heavy atom. The van der Waals surface area contributed by atoms with Crippen molar-refractivity contribution >= 4 is 5.78 Å². The van der Waals surface area contributed by atoms with E-state index in [0.29, 0.717) is 18.1 Å². The van der Waals surface area contributed by atoms with Crippen LogP contribution in [0.2, 0.25) is 0 Å². The van der Waals surface area contributed by atoms with Crippen LogP contribution in [-0.4, -0.2) is 19.0 Å². The van der Waals surface area contributed by atoms with Crippen molar-refractivity contribution in [3.05, 3.63) is 59.7 Å². The molecule has 2 aromatic carbocycles. The van der Waals surface area contributed by atoms with Crippen LogP contribution in [0.3, 0.4) is 0 Å². The lowest BCUT2D eigenvalue weighted by Gasteiger charge is -2.08. The minimum absolute atomic E-state index is 0.0647. The van der Waals surface area contributed by atoms with Crippen molar-refractivity contribution in [1.29, 1.82) is 0 Å². The Morgan fingerprint density at radius 3 is 2.38 bits per heavy atom. The Kier molecular flexibility index (Phi) is 4.87. The van der Waals surface area contributed by atoms with Gasteiger partial charge in [-0.05, 0) is 37.3 Å². The predicted molar refractivity (Wildman–Crippen MR) is 73.8 cm³/mol. The molecule has 0 aliphatic rings. The maximum atomic E-state index is 13.1. The molecule has 110 valence electrons. The molecule has 2 rings (SSSR count). The van der Waals surface area contributed by atoms with E-state index >= 15 is 0 Å². The number of carbonyl (C=O) groups is 1. The third-order valence-corrected chi connectivity index (χ3v) is 2.73. The lowest BCUT2D eigenvalue weighted by Crippen LogP contribution is -2.12. The average Bonchev–Trinajstić information content (AvgIpc) is 2.48. The first-order valence-electron chi connectivity index (χ1n) is 6.44. The first-order valence-corrected chi connectivity index (χ1v) is 6.44. The SMILES string of the molecule is CCOc1cccc(OCC(=O)c2ccc(F)c(F)c2)c1. The van der Waals surface area contributed by atoms with Crippen molar-refractivity contribution in [3.8, 4) is 11.5 Å². The Morgan fingerprint density at radius 1 is 1.00 bits per heavy atom. The summed E-state index contributed by atoms with van der Waals surface area (Å²) in [6.07, 6.45) is 0. The molecule has 0 fully saturated rings. The van der Waals surface area contributed by atoms with Gasteiger partial charge in [0.2, 0.25) is 0 Å². The van der Waals surface area contributed by atoms with Crippen LogP contribution in [0.4, 0.5) is 8.78 Å². The van der Waals surface area contributed by atoms with Gasteiger partial charge in [-0.15, -0.1) is 0 Å². The highest BCUT2D eigenvalue weighted by Crippen LogP contribution is 2.19. The lowest BCUT2D eigenvalue weighted by molar-refractivity contribution is 0.0920. The highest BCUT2D eigenvalue weighted by molar-refractivity contribution is 5.97. The van der Waals surface area contributed by atoms with Crippen LogP contribution >= 0.6 is 0 Å². The van der Waals surface area contributed by atoms with Crippen LogP contribution in [0.5, 0.6) is 11.5 Å². The molecule has 0 N–H and O–H groups in total. The first kappa shape index (κ1) is 15.0. The fourth-order valence-electron chi connectivity index (χ4n) is 1.72. The normalized spacial score (nSPS) is 10.2. The second-order valence-electron chi connectivity index (χ2n) is 4.25. The zero-order valence-corrected chi connectivity index (χ0v) is 11.4. The van der Waals surface area contributed by atoms with E-state index in [4.69, 9.17) is 9.47 Å². The summed E-state index contributed by atoms with van der Waals surface area (Å²) < 4.78 is 36.5. The van der Waals surface area contributed by atoms with E-state index < -0.39 is 17.4 Å². The fourth-order valence-corrected chi connectivity index (χ4v) is 1.72. The van der Waals surface area contributed by atoms with Crippen molar-refractivity contribution in [2.24, 2.45) is 0 Å². The van der Waals surface area contributed by atoms with Gasteiger partial charge in [-0.1, -0.05) is 6.07 Å². The number of ether oxygens (including phenoxy) is 2. The van der Waals surface area contributed by atoms with Crippen LogP contribution in [0.25, 0.3) is 0 Å². The summed E-state index contributed by atoms with van der Waals surface area (Å²) in [5.74, 6) is -1.38. The topological polar surface area (TPSA) is 35.5 Å². The Bertz CT molecular complexity index is 641. The number of Topliss-reactive ketones (excluding diaryl/α,β-unsaturated/α-hetero) is 1. The minimum Gasteiger partial charge on any atom is -0.494 e. The fraction of sp³-hybridized carbons (Fsp3) is 0.188. The molecular weight excluding hydrogens is 278 g/mol. The van der Waals surface area contributed by atoms with Gasteiger partial charge in [0.25, 0.3) is 0 Å². The van der Waals surface area contributed by atoms with Gasteiger partial charge in [-0.25, -0.2) is 8.78 Å². The Balaban J connectivity index is 2.00. The first-order chi connectivity index (χ1) is 10.1. The summed E-state index contributed by atoms with van der Waals surface area (Å²) in [7, 11) is 0. The second kappa shape index (κ2) is 6.83. The molecule has 0 aliphatic heterocycles. The molecule has 21 heavy (non-hydrogen) atoms. The van der Waals surface area contributed by atoms with E-state index in [9.17, 15) is 13.6 Å². The zero-order chi connectivity index (χ0) is 15.2. The van der Waals surface area contributed by atoms with E-state index in [-0.39, 0.29) is 12.2 Å². The van der Waals surface area contributed by atoms with Gasteiger partial charge >= 0.3 is 0 Å². The third kappa shape index (κ3) is 4.02. The van der Waals surface area contributed by atoms with Gasteiger partial charge < -0.3 is 9.47 Å². The molecule has 0 radical (unpaired) electrons. The van der Waals surface area contributed by atoms with E-state index in [1.54, 1.807) is 24.3 Å². The second-order valence-corrected chi connectivity index (χ2v) is 4.25. The molecule has 0 bridgehead atoms. The monoisotopic (exact) mass is 292 g/mol. The van der Waals surface area contributed by atoms with E-state index in [1.807, 2.05) is 6.92 Å². The number of carbonyl (C=O) groups excluding carboxylic acids is 1. The molecule has 0 amide bonds. The standard InChI is InChI=1S/C16H14F2O3/c1-2-20-12-4-3-5-13(9-12)21-10-16(19)11-6-7-14(17)15(18)8-11/h3-9H,2,10H2,1H3. The number of halogens is 2. The van der Waals surface area contributed by atoms with Gasteiger partial charge in [0.05, 0.1) is 6.61 Å². The highest BCUT2D eigenvalue weighted by Gasteiger charge is 2.10.